The van der Waals surface area contributed by atoms with E-state index in [1.165, 1.54) is 25.0 Å². The van der Waals surface area contributed by atoms with Crippen LogP contribution in [0.5, 0.6) is 5.75 Å². The van der Waals surface area contributed by atoms with E-state index in [-0.39, 0.29) is 29.1 Å². The quantitative estimate of drug-likeness (QED) is 0.208. The van der Waals surface area contributed by atoms with Crippen LogP contribution in [-0.4, -0.2) is 17.4 Å². The number of unbranched alkanes of at least 4 members (excludes halogenated alkanes) is 3. The van der Waals surface area contributed by atoms with Crippen molar-refractivity contribution < 1.29 is 18.3 Å². The number of ether oxygens (including phenoxy) is 1. The van der Waals surface area contributed by atoms with Crippen LogP contribution >= 0.6 is 11.6 Å². The molecule has 5 nitrogen and oxygen atoms in total. The van der Waals surface area contributed by atoms with E-state index < -0.39 is 11.9 Å². The van der Waals surface area contributed by atoms with Crippen molar-refractivity contribution in [2.24, 2.45) is 0 Å². The van der Waals surface area contributed by atoms with E-state index in [1.54, 1.807) is 29.2 Å². The van der Waals surface area contributed by atoms with Gasteiger partial charge in [0.15, 0.2) is 5.43 Å². The van der Waals surface area contributed by atoms with Crippen molar-refractivity contribution >= 4 is 28.5 Å². The highest BCUT2D eigenvalue weighted by atomic mass is 35.5. The molecule has 7 heteroatoms. The molecule has 4 aromatic rings. The molecule has 1 aliphatic rings. The summed E-state index contributed by atoms with van der Waals surface area (Å²) in [5, 5.41) is 0.780. The van der Waals surface area contributed by atoms with Crippen molar-refractivity contribution in [3.8, 4) is 5.75 Å². The van der Waals surface area contributed by atoms with Crippen LogP contribution in [0, 0.1) is 12.7 Å². The van der Waals surface area contributed by atoms with Crippen molar-refractivity contribution in [1.29, 1.82) is 0 Å². The van der Waals surface area contributed by atoms with Crippen LogP contribution in [0.15, 0.2) is 69.9 Å². The van der Waals surface area contributed by atoms with Gasteiger partial charge in [0.1, 0.15) is 17.1 Å². The van der Waals surface area contributed by atoms with Crippen LogP contribution < -0.4 is 10.2 Å². The van der Waals surface area contributed by atoms with Crippen molar-refractivity contribution in [3.05, 3.63) is 110 Å². The third-order valence-electron chi connectivity index (χ3n) is 6.98. The molecule has 2 heterocycles. The summed E-state index contributed by atoms with van der Waals surface area (Å²) in [6.45, 7) is 4.80. The lowest BCUT2D eigenvalue weighted by Gasteiger charge is -2.25. The molecular formula is C31H29ClFNO4. The first-order valence-corrected chi connectivity index (χ1v) is 13.3. The van der Waals surface area contributed by atoms with Gasteiger partial charge in [-0.15, -0.1) is 0 Å². The highest BCUT2D eigenvalue weighted by molar-refractivity contribution is 6.32. The Labute approximate surface area is 225 Å². The Kier molecular flexibility index (Phi) is 7.52. The molecule has 1 aliphatic heterocycles. The van der Waals surface area contributed by atoms with E-state index >= 15 is 0 Å². The molecule has 1 atom stereocenters. The van der Waals surface area contributed by atoms with Crippen LogP contribution in [-0.2, 0) is 6.54 Å². The predicted octanol–water partition coefficient (Wildman–Crippen LogP) is 7.60. The lowest BCUT2D eigenvalue weighted by Crippen LogP contribution is -2.29. The summed E-state index contributed by atoms with van der Waals surface area (Å²) in [5.41, 5.74) is 2.54. The van der Waals surface area contributed by atoms with Crippen molar-refractivity contribution in [1.82, 2.24) is 4.90 Å². The standard InChI is InChI=1S/C31H29ClFNO4/c1-3-4-5-6-15-37-23-13-9-21(10-14-23)28-27-29(35)24-17-25(32)19(2)16-26(24)38-30(27)31(36)34(28)18-20-7-11-22(33)12-8-20/h7-14,16-17,28H,3-6,15,18H2,1-2H3. The van der Waals surface area contributed by atoms with Gasteiger partial charge in [-0.3, -0.25) is 9.59 Å². The van der Waals surface area contributed by atoms with Crippen molar-refractivity contribution in [3.63, 3.8) is 0 Å². The maximum Gasteiger partial charge on any atom is 0.291 e. The number of benzene rings is 3. The normalized spacial score (nSPS) is 14.8. The number of rotatable bonds is 9. The van der Waals surface area contributed by atoms with Gasteiger partial charge in [0.2, 0.25) is 5.76 Å². The van der Waals surface area contributed by atoms with E-state index in [0.29, 0.717) is 22.6 Å². The molecule has 0 aliphatic carbocycles. The van der Waals surface area contributed by atoms with Gasteiger partial charge in [-0.1, -0.05) is 62.1 Å². The summed E-state index contributed by atoms with van der Waals surface area (Å²) >= 11 is 6.33. The lowest BCUT2D eigenvalue weighted by molar-refractivity contribution is 0.0714. The lowest BCUT2D eigenvalue weighted by atomic mass is 9.98. The molecular weight excluding hydrogens is 505 g/mol. The van der Waals surface area contributed by atoms with Crippen LogP contribution in [0.3, 0.4) is 0 Å². The first kappa shape index (κ1) is 26.0. The van der Waals surface area contributed by atoms with Crippen LogP contribution in [0.25, 0.3) is 11.0 Å². The molecule has 1 aromatic heterocycles. The molecule has 0 N–H and O–H groups in total. The molecule has 1 amide bonds. The molecule has 196 valence electrons. The van der Waals surface area contributed by atoms with E-state index in [4.69, 9.17) is 20.8 Å². The number of carbonyl (C=O) groups is 1. The Morgan fingerprint density at radius 1 is 1.00 bits per heavy atom. The summed E-state index contributed by atoms with van der Waals surface area (Å²) in [6, 6.07) is 16.0. The molecule has 38 heavy (non-hydrogen) atoms. The fraction of sp³-hybridized carbons (Fsp3) is 0.290. The maximum atomic E-state index is 13.8. The Morgan fingerprint density at radius 3 is 2.45 bits per heavy atom. The second-order valence-corrected chi connectivity index (χ2v) is 10.1. The predicted molar refractivity (Wildman–Crippen MR) is 146 cm³/mol. The summed E-state index contributed by atoms with van der Waals surface area (Å²) in [7, 11) is 0. The van der Waals surface area contributed by atoms with Crippen molar-refractivity contribution in [2.45, 2.75) is 52.1 Å². The molecule has 0 spiro atoms. The Hall–Kier alpha value is -3.64. The van der Waals surface area contributed by atoms with Gasteiger partial charge < -0.3 is 14.1 Å². The molecule has 3 aromatic carbocycles. The molecule has 0 bridgehead atoms. The Balaban J connectivity index is 1.54. The van der Waals surface area contributed by atoms with Gasteiger partial charge in [0.05, 0.1) is 23.6 Å². The smallest absolute Gasteiger partial charge is 0.291 e. The van der Waals surface area contributed by atoms with Crippen LogP contribution in [0.1, 0.15) is 71.5 Å². The van der Waals surface area contributed by atoms with Gasteiger partial charge in [-0.2, -0.15) is 0 Å². The minimum Gasteiger partial charge on any atom is -0.494 e. The largest absolute Gasteiger partial charge is 0.494 e. The van der Waals surface area contributed by atoms with Crippen molar-refractivity contribution in [2.75, 3.05) is 6.61 Å². The monoisotopic (exact) mass is 533 g/mol. The zero-order valence-electron chi connectivity index (χ0n) is 21.4. The summed E-state index contributed by atoms with van der Waals surface area (Å²) < 4.78 is 25.5. The van der Waals surface area contributed by atoms with E-state index in [1.807, 2.05) is 31.2 Å². The topological polar surface area (TPSA) is 59.8 Å². The number of hydrogen-bond donors (Lipinski definition) is 0. The Morgan fingerprint density at radius 2 is 1.74 bits per heavy atom. The highest BCUT2D eigenvalue weighted by Crippen LogP contribution is 2.40. The van der Waals surface area contributed by atoms with Gasteiger partial charge in [0, 0.05) is 11.6 Å². The van der Waals surface area contributed by atoms with Crippen LogP contribution in [0.4, 0.5) is 4.39 Å². The number of amides is 1. The first-order chi connectivity index (χ1) is 18.4. The molecule has 0 saturated heterocycles. The minimum atomic E-state index is -0.679. The average molecular weight is 534 g/mol. The molecule has 0 fully saturated rings. The number of halogens is 2. The second kappa shape index (κ2) is 11.0. The van der Waals surface area contributed by atoms with Crippen LogP contribution in [0.2, 0.25) is 5.02 Å². The number of fused-ring (bicyclic) bond motifs is 2. The fourth-order valence-corrected chi connectivity index (χ4v) is 5.07. The summed E-state index contributed by atoms with van der Waals surface area (Å²) in [5.74, 6) is -0.000550. The molecule has 5 rings (SSSR count). The molecule has 0 saturated carbocycles. The average Bonchev–Trinajstić information content (AvgIpc) is 3.18. The summed E-state index contributed by atoms with van der Waals surface area (Å²) in [4.78, 5) is 29.0. The zero-order chi connectivity index (χ0) is 26.8. The first-order valence-electron chi connectivity index (χ1n) is 12.9. The van der Waals surface area contributed by atoms with E-state index in [9.17, 15) is 14.0 Å². The zero-order valence-corrected chi connectivity index (χ0v) is 22.2. The SMILES string of the molecule is CCCCCCOc1ccc(C2c3c(oc4cc(C)c(Cl)cc4c3=O)C(=O)N2Cc2ccc(F)cc2)cc1. The minimum absolute atomic E-state index is 0.0209. The Bertz CT molecular complexity index is 1530. The number of hydrogen-bond acceptors (Lipinski definition) is 4. The van der Waals surface area contributed by atoms with Gasteiger partial charge in [-0.25, -0.2) is 4.39 Å². The third kappa shape index (κ3) is 5.05. The molecule has 1 unspecified atom stereocenters. The maximum absolute atomic E-state index is 13.8. The van der Waals surface area contributed by atoms with Gasteiger partial charge in [-0.05, 0) is 66.4 Å². The number of carbonyl (C=O) groups excluding carboxylic acids is 1. The van der Waals surface area contributed by atoms with E-state index in [2.05, 4.69) is 6.92 Å². The van der Waals surface area contributed by atoms with E-state index in [0.717, 1.165) is 35.3 Å². The molecule has 0 radical (unpaired) electrons. The number of nitrogens with zero attached hydrogens (tertiary/aromatic N) is 1. The highest BCUT2D eigenvalue weighted by Gasteiger charge is 2.42. The van der Waals surface area contributed by atoms with Gasteiger partial charge in [0.25, 0.3) is 5.91 Å². The van der Waals surface area contributed by atoms with Gasteiger partial charge >= 0.3 is 0 Å². The second-order valence-electron chi connectivity index (χ2n) is 9.71. The fourth-order valence-electron chi connectivity index (χ4n) is 4.90. The number of aryl methyl sites for hydroxylation is 1. The summed E-state index contributed by atoms with van der Waals surface area (Å²) in [6.07, 6.45) is 4.46. The third-order valence-corrected chi connectivity index (χ3v) is 7.38.